The summed E-state index contributed by atoms with van der Waals surface area (Å²) in [7, 11) is 3.34. The van der Waals surface area contributed by atoms with Gasteiger partial charge in [-0.1, -0.05) is 0 Å². The van der Waals surface area contributed by atoms with Crippen LogP contribution in [-0.2, 0) is 13.3 Å². The predicted molar refractivity (Wildman–Crippen MR) is 57.6 cm³/mol. The molecule has 1 fully saturated rings. The molecule has 5 heteroatoms. The second kappa shape index (κ2) is 5.98. The van der Waals surface area contributed by atoms with Gasteiger partial charge in [-0.05, 0) is 12.8 Å². The van der Waals surface area contributed by atoms with E-state index in [1.165, 1.54) is 0 Å². The zero-order valence-corrected chi connectivity index (χ0v) is 10.6. The lowest BCUT2D eigenvalue weighted by atomic mass is 9.80. The van der Waals surface area contributed by atoms with Crippen molar-refractivity contribution < 1.29 is 18.1 Å². The predicted octanol–water partition coefficient (Wildman–Crippen LogP) is 0.460. The van der Waals surface area contributed by atoms with Crippen LogP contribution >= 0.6 is 0 Å². The molecule has 4 unspecified atom stereocenters. The Morgan fingerprint density at radius 3 is 2.07 bits per heavy atom. The zero-order valence-electron chi connectivity index (χ0n) is 9.47. The first kappa shape index (κ1) is 13.1. The third-order valence-electron chi connectivity index (χ3n) is 3.13. The smallest absolute Gasteiger partial charge is 0.295 e. The first-order valence-electron chi connectivity index (χ1n) is 5.07. The number of ketones is 1. The average Bonchev–Trinajstić information content (AvgIpc) is 2.26. The molecule has 4 atom stereocenters. The van der Waals surface area contributed by atoms with E-state index in [0.29, 0.717) is 5.78 Å². The molecule has 85 valence electrons. The van der Waals surface area contributed by atoms with E-state index < -0.39 is 0 Å². The quantitative estimate of drug-likeness (QED) is 0.520. The molecule has 0 spiro atoms. The molecule has 3 radical (unpaired) electrons. The Hall–Kier alpha value is 0.0825. The van der Waals surface area contributed by atoms with Gasteiger partial charge in [0.05, 0.1) is 18.1 Å². The number of rotatable bonds is 4. The van der Waals surface area contributed by atoms with Crippen LogP contribution in [0.15, 0.2) is 0 Å². The minimum absolute atomic E-state index is 0.0173. The topological polar surface area (TPSA) is 49.1 Å². The maximum atomic E-state index is 9.58. The van der Waals surface area contributed by atoms with Crippen molar-refractivity contribution in [2.24, 2.45) is 5.92 Å². The zero-order chi connectivity index (χ0) is 11.4. The summed E-state index contributed by atoms with van der Waals surface area (Å²) >= 11 is 2.26. The highest BCUT2D eigenvalue weighted by molar-refractivity contribution is 5.98. The fraction of sp³-hybridized carbons (Fsp3) is 0.900. The SMILES string of the molecule is COC1CC([O][Al-])C(C(C)=[OH+])CC1OC. The Labute approximate surface area is 99.0 Å². The van der Waals surface area contributed by atoms with Gasteiger partial charge in [0.2, 0.25) is 0 Å². The average molecular weight is 229 g/mol. The van der Waals surface area contributed by atoms with Crippen molar-refractivity contribution in [3.05, 3.63) is 0 Å². The summed E-state index contributed by atoms with van der Waals surface area (Å²) < 4.78 is 16.0. The number of ether oxygens (including phenoxy) is 2. The summed E-state index contributed by atoms with van der Waals surface area (Å²) in [6.07, 6.45) is 1.52. The van der Waals surface area contributed by atoms with Gasteiger partial charge in [0.15, 0.2) is 0 Å². The van der Waals surface area contributed by atoms with Gasteiger partial charge in [0.25, 0.3) is 5.78 Å². The van der Waals surface area contributed by atoms with Gasteiger partial charge in [-0.25, -0.2) is 0 Å². The van der Waals surface area contributed by atoms with Crippen molar-refractivity contribution in [1.82, 2.24) is 0 Å². The standard InChI is InChI=1S/C10H17O4.Al/c1-6(11)7-4-9(13-2)10(14-3)5-8(7)12;/h7-10H,4-5H2,1-3H3;/q-1;/p+1. The largest absolute Gasteiger partial charge is 0.757 e. The number of methoxy groups -OCH3 is 2. The van der Waals surface area contributed by atoms with Gasteiger partial charge in [-0.3, -0.25) is 4.79 Å². The van der Waals surface area contributed by atoms with E-state index in [2.05, 4.69) is 16.6 Å². The normalized spacial score (nSPS) is 36.5. The molecule has 0 aromatic heterocycles. The van der Waals surface area contributed by atoms with E-state index >= 15 is 0 Å². The first-order valence-corrected chi connectivity index (χ1v) is 5.54. The van der Waals surface area contributed by atoms with Gasteiger partial charge < -0.3 is 29.9 Å². The summed E-state index contributed by atoms with van der Waals surface area (Å²) in [6, 6.07) is 0. The van der Waals surface area contributed by atoms with Crippen LogP contribution in [0.25, 0.3) is 0 Å². The van der Waals surface area contributed by atoms with Crippen LogP contribution in [0.4, 0.5) is 0 Å². The monoisotopic (exact) mass is 229 g/mol. The molecule has 4 nitrogen and oxygen atoms in total. The molecule has 0 bridgehead atoms. The van der Waals surface area contributed by atoms with E-state index in [9.17, 15) is 4.79 Å². The third-order valence-corrected chi connectivity index (χ3v) is 3.48. The summed E-state index contributed by atoms with van der Waals surface area (Å²) in [5.41, 5.74) is 0. The molecular formula is C10H18AlO4. The van der Waals surface area contributed by atoms with Gasteiger partial charge >= 0.3 is 0 Å². The van der Waals surface area contributed by atoms with Crippen LogP contribution < -0.4 is 0 Å². The Balaban J connectivity index is 2.72. The van der Waals surface area contributed by atoms with E-state index in [1.807, 2.05) is 0 Å². The molecule has 15 heavy (non-hydrogen) atoms. The molecule has 1 aliphatic carbocycles. The second-order valence-corrected chi connectivity index (χ2v) is 4.21. The van der Waals surface area contributed by atoms with Gasteiger partial charge in [0, 0.05) is 27.2 Å². The fourth-order valence-corrected chi connectivity index (χ4v) is 2.49. The maximum absolute atomic E-state index is 9.58. The summed E-state index contributed by atoms with van der Waals surface area (Å²) in [4.78, 5) is 9.58. The molecular weight excluding hydrogens is 211 g/mol. The molecule has 0 aromatic carbocycles. The fourth-order valence-electron chi connectivity index (χ4n) is 2.18. The second-order valence-electron chi connectivity index (χ2n) is 3.94. The van der Waals surface area contributed by atoms with Crippen LogP contribution in [-0.4, -0.2) is 59.7 Å². The van der Waals surface area contributed by atoms with Crippen molar-refractivity contribution in [2.45, 2.75) is 38.1 Å². The Morgan fingerprint density at radius 1 is 1.13 bits per heavy atom. The first-order chi connectivity index (χ1) is 7.13. The summed E-state index contributed by atoms with van der Waals surface area (Å²) in [5, 5.41) is 0. The van der Waals surface area contributed by atoms with E-state index in [4.69, 9.17) is 13.3 Å². The molecule has 0 aliphatic heterocycles. The molecule has 0 amide bonds. The Kier molecular flexibility index (Phi) is 5.24. The highest BCUT2D eigenvalue weighted by Gasteiger charge is 2.39. The molecule has 1 saturated carbocycles. The van der Waals surface area contributed by atoms with Crippen molar-refractivity contribution in [2.75, 3.05) is 14.2 Å². The van der Waals surface area contributed by atoms with Crippen LogP contribution in [0.2, 0.25) is 0 Å². The van der Waals surface area contributed by atoms with E-state index in [0.717, 1.165) is 12.8 Å². The van der Waals surface area contributed by atoms with E-state index in [-0.39, 0.29) is 24.2 Å². The Bertz CT molecular complexity index is 221. The maximum Gasteiger partial charge on any atom is 0.295 e. The van der Waals surface area contributed by atoms with Crippen LogP contribution in [0.5, 0.6) is 0 Å². The summed E-state index contributed by atoms with van der Waals surface area (Å²) in [5.74, 6) is 0.429. The number of hydrogen-bond acceptors (Lipinski definition) is 3. The third kappa shape index (κ3) is 3.02. The van der Waals surface area contributed by atoms with Crippen LogP contribution in [0.1, 0.15) is 19.8 Å². The molecule has 0 heterocycles. The molecule has 0 saturated heterocycles. The number of hydrogen-bond donors (Lipinski definition) is 0. The van der Waals surface area contributed by atoms with E-state index in [1.54, 1.807) is 21.1 Å². The molecule has 0 aromatic rings. The van der Waals surface area contributed by atoms with Gasteiger partial charge in [-0.15, -0.1) is 0 Å². The highest BCUT2D eigenvalue weighted by Crippen LogP contribution is 2.30. The van der Waals surface area contributed by atoms with Gasteiger partial charge in [-0.2, -0.15) is 0 Å². The summed E-state index contributed by atoms with van der Waals surface area (Å²) in [6.45, 7) is 1.71. The lowest BCUT2D eigenvalue weighted by Crippen LogP contribution is -2.46. The van der Waals surface area contributed by atoms with Crippen molar-refractivity contribution >= 4 is 22.4 Å². The minimum atomic E-state index is -0.0173. The van der Waals surface area contributed by atoms with Crippen molar-refractivity contribution in [3.63, 3.8) is 0 Å². The molecule has 1 aliphatic rings. The lowest BCUT2D eigenvalue weighted by molar-refractivity contribution is -0.0914. The molecule has 1 N–H and O–H groups in total. The lowest BCUT2D eigenvalue weighted by Gasteiger charge is -2.41. The van der Waals surface area contributed by atoms with Gasteiger partial charge in [0.1, 0.15) is 0 Å². The highest BCUT2D eigenvalue weighted by atomic mass is 27.1. The van der Waals surface area contributed by atoms with Crippen LogP contribution in [0.3, 0.4) is 0 Å². The van der Waals surface area contributed by atoms with Crippen molar-refractivity contribution in [3.8, 4) is 0 Å². The van der Waals surface area contributed by atoms with Crippen molar-refractivity contribution in [1.29, 1.82) is 0 Å². The Morgan fingerprint density at radius 2 is 1.67 bits per heavy atom. The molecule has 1 rings (SSSR count). The minimum Gasteiger partial charge on any atom is -0.757 e. The van der Waals surface area contributed by atoms with Crippen LogP contribution in [0, 0.1) is 5.92 Å². The number of carbonyl (C=O) groups excluding carboxylic acids is 1.